The zero-order chi connectivity index (χ0) is 30.6. The zero-order valence-electron chi connectivity index (χ0n) is 25.4. The number of fused-ring (bicyclic) bond motifs is 1. The second-order valence-corrected chi connectivity index (χ2v) is 12.3. The van der Waals surface area contributed by atoms with E-state index in [0.717, 1.165) is 73.5 Å². The topological polar surface area (TPSA) is 49.7 Å². The number of piperazine rings is 1. The Balaban J connectivity index is 1.37. The van der Waals surface area contributed by atoms with E-state index in [1.165, 1.54) is 11.1 Å². The van der Waals surface area contributed by atoms with Crippen LogP contribution >= 0.6 is 11.6 Å². The molecule has 1 unspecified atom stereocenters. The van der Waals surface area contributed by atoms with E-state index >= 15 is 0 Å². The predicted molar refractivity (Wildman–Crippen MR) is 181 cm³/mol. The monoisotopic (exact) mass is 618 g/mol. The molecule has 1 aromatic heterocycles. The zero-order valence-corrected chi connectivity index (χ0v) is 26.2. The van der Waals surface area contributed by atoms with E-state index in [4.69, 9.17) is 16.3 Å². The highest BCUT2D eigenvalue weighted by atomic mass is 35.5. The van der Waals surface area contributed by atoms with Gasteiger partial charge in [0.2, 0.25) is 0 Å². The summed E-state index contributed by atoms with van der Waals surface area (Å²) in [5.41, 5.74) is 6.36. The number of rotatable bonds is 8. The van der Waals surface area contributed by atoms with Crippen molar-refractivity contribution in [2.45, 2.75) is 18.5 Å². The average Bonchev–Trinajstić information content (AvgIpc) is 3.47. The van der Waals surface area contributed by atoms with Gasteiger partial charge in [-0.25, -0.2) is 0 Å². The van der Waals surface area contributed by atoms with E-state index in [2.05, 4.69) is 87.7 Å². The maximum atomic E-state index is 14.8. The van der Waals surface area contributed by atoms with Gasteiger partial charge in [0.15, 0.2) is 0 Å². The van der Waals surface area contributed by atoms with Crippen LogP contribution in [0.5, 0.6) is 0 Å². The van der Waals surface area contributed by atoms with Crippen LogP contribution in [0.2, 0.25) is 5.02 Å². The first-order valence-electron chi connectivity index (χ1n) is 16.0. The summed E-state index contributed by atoms with van der Waals surface area (Å²) in [5.74, 6) is 0.00921. The van der Waals surface area contributed by atoms with E-state index in [9.17, 15) is 4.79 Å². The average molecular weight is 619 g/mol. The van der Waals surface area contributed by atoms with Crippen molar-refractivity contribution in [1.29, 1.82) is 0 Å². The molecule has 2 aliphatic heterocycles. The number of morpholine rings is 1. The molecule has 2 aliphatic rings. The molecule has 45 heavy (non-hydrogen) atoms. The van der Waals surface area contributed by atoms with Crippen LogP contribution < -0.4 is 5.32 Å². The van der Waals surface area contributed by atoms with Gasteiger partial charge in [0.25, 0.3) is 5.91 Å². The van der Waals surface area contributed by atoms with Gasteiger partial charge >= 0.3 is 0 Å². The third-order valence-corrected chi connectivity index (χ3v) is 9.62. The van der Waals surface area contributed by atoms with Crippen molar-refractivity contribution in [1.82, 2.24) is 19.7 Å². The van der Waals surface area contributed by atoms with Gasteiger partial charge in [-0.2, -0.15) is 0 Å². The maximum Gasteiger partial charge on any atom is 0.255 e. The lowest BCUT2D eigenvalue weighted by atomic mass is 9.84. The fourth-order valence-electron chi connectivity index (χ4n) is 7.01. The van der Waals surface area contributed by atoms with Gasteiger partial charge in [-0.1, -0.05) is 96.5 Å². The molecular weight excluding hydrogens is 580 g/mol. The summed E-state index contributed by atoms with van der Waals surface area (Å²) in [4.78, 5) is 19.3. The smallest absolute Gasteiger partial charge is 0.255 e. The van der Waals surface area contributed by atoms with Gasteiger partial charge in [-0.3, -0.25) is 9.69 Å². The molecule has 0 spiro atoms. The summed E-state index contributed by atoms with van der Waals surface area (Å²) in [6, 6.07) is 35.3. The number of hydrogen-bond donors (Lipinski definition) is 1. The molecule has 5 aromatic rings. The Morgan fingerprint density at radius 1 is 0.822 bits per heavy atom. The molecule has 1 atom stereocenters. The summed E-state index contributed by atoms with van der Waals surface area (Å²) in [6.45, 7) is 7.22. The Kier molecular flexibility index (Phi) is 8.99. The molecule has 0 saturated carbocycles. The third-order valence-electron chi connectivity index (χ3n) is 9.27. The van der Waals surface area contributed by atoms with E-state index in [-0.39, 0.29) is 17.9 Å². The quantitative estimate of drug-likeness (QED) is 0.213. The minimum atomic E-state index is -0.152. The first kappa shape index (κ1) is 29.8. The lowest BCUT2D eigenvalue weighted by Gasteiger charge is -2.37. The van der Waals surface area contributed by atoms with Crippen molar-refractivity contribution in [3.05, 3.63) is 142 Å². The van der Waals surface area contributed by atoms with Crippen LogP contribution in [-0.4, -0.2) is 72.8 Å². The summed E-state index contributed by atoms with van der Waals surface area (Å²) in [6.07, 6.45) is 2.30. The molecule has 1 N–H and O–H groups in total. The van der Waals surface area contributed by atoms with Crippen molar-refractivity contribution in [3.8, 4) is 0 Å². The number of ether oxygens (including phenoxy) is 1. The minimum absolute atomic E-state index is 0.0316. The summed E-state index contributed by atoms with van der Waals surface area (Å²) < 4.78 is 7.96. The number of carbonyl (C=O) groups excluding carboxylic acids is 1. The number of aromatic nitrogens is 1. The van der Waals surface area contributed by atoms with Crippen LogP contribution in [-0.2, 0) is 11.3 Å². The second-order valence-electron chi connectivity index (χ2n) is 11.9. The van der Waals surface area contributed by atoms with Gasteiger partial charge in [-0.05, 0) is 40.5 Å². The molecular formula is C38H39ClN4O2. The van der Waals surface area contributed by atoms with E-state index in [1.54, 1.807) is 0 Å². The molecule has 230 valence electrons. The molecule has 7 rings (SSSR count). The first-order valence-corrected chi connectivity index (χ1v) is 16.3. The number of nitrogens with zero attached hydrogens (tertiary/aromatic N) is 3. The molecule has 6 nitrogen and oxygen atoms in total. The molecule has 4 aromatic carbocycles. The predicted octanol–water partition coefficient (Wildman–Crippen LogP) is 6.59. The van der Waals surface area contributed by atoms with Crippen LogP contribution in [0.15, 0.2) is 109 Å². The molecule has 2 saturated heterocycles. The van der Waals surface area contributed by atoms with Crippen LogP contribution in [0.25, 0.3) is 10.9 Å². The molecule has 0 aliphatic carbocycles. The Bertz CT molecular complexity index is 1710. The fourth-order valence-corrected chi connectivity index (χ4v) is 7.27. The lowest BCUT2D eigenvalue weighted by molar-refractivity contribution is 0.0365. The van der Waals surface area contributed by atoms with Gasteiger partial charge in [0.05, 0.1) is 19.3 Å². The Hall–Kier alpha value is -3.94. The normalized spacial score (nSPS) is 17.6. The highest BCUT2D eigenvalue weighted by Gasteiger charge is 2.32. The van der Waals surface area contributed by atoms with Gasteiger partial charge in [0.1, 0.15) is 0 Å². The molecule has 3 heterocycles. The summed E-state index contributed by atoms with van der Waals surface area (Å²) in [7, 11) is 0. The second kappa shape index (κ2) is 13.6. The highest BCUT2D eigenvalue weighted by molar-refractivity contribution is 6.31. The number of nitrogens with one attached hydrogen (secondary N) is 1. The maximum absolute atomic E-state index is 14.8. The highest BCUT2D eigenvalue weighted by Crippen LogP contribution is 2.40. The largest absolute Gasteiger partial charge is 0.379 e. The molecule has 2 fully saturated rings. The molecule has 0 radical (unpaired) electrons. The number of amides is 1. The molecule has 1 amide bonds. The molecule has 0 bridgehead atoms. The first-order chi connectivity index (χ1) is 22.2. The van der Waals surface area contributed by atoms with Crippen molar-refractivity contribution >= 4 is 28.4 Å². The van der Waals surface area contributed by atoms with Crippen LogP contribution in [0.3, 0.4) is 0 Å². The fraction of sp³-hybridized carbons (Fsp3) is 0.289. The summed E-state index contributed by atoms with van der Waals surface area (Å²) in [5, 5.41) is 5.20. The number of hydrogen-bond acceptors (Lipinski definition) is 4. The van der Waals surface area contributed by atoms with Crippen molar-refractivity contribution < 1.29 is 9.53 Å². The van der Waals surface area contributed by atoms with Gasteiger partial charge < -0.3 is 19.5 Å². The SMILES string of the molecule is O=C(c1cccc2c1c(C(c1ccccc1)c1ccccc1)cn2CCN1CCOCC1)N1CCNCC1c1ccccc1Cl. The Morgan fingerprint density at radius 3 is 2.22 bits per heavy atom. The Morgan fingerprint density at radius 2 is 1.51 bits per heavy atom. The standard InChI is InChI=1S/C38H39ClN4O2/c39-33-16-8-7-14-30(33)35-26-40-18-19-43(35)38(44)31-15-9-17-34-37(31)32(27-42(34)21-20-41-22-24-45-25-23-41)36(28-10-3-1-4-11-28)29-12-5-2-6-13-29/h1-17,27,35-36,40H,18-26H2. The number of benzene rings is 4. The minimum Gasteiger partial charge on any atom is -0.379 e. The van der Waals surface area contributed by atoms with E-state index < -0.39 is 0 Å². The van der Waals surface area contributed by atoms with Crippen LogP contribution in [0, 0.1) is 0 Å². The number of carbonyl (C=O) groups is 1. The molecule has 7 heteroatoms. The number of halogens is 1. The van der Waals surface area contributed by atoms with Gasteiger partial charge in [0, 0.05) is 79.4 Å². The van der Waals surface area contributed by atoms with Crippen molar-refractivity contribution in [3.63, 3.8) is 0 Å². The van der Waals surface area contributed by atoms with Crippen LogP contribution in [0.4, 0.5) is 0 Å². The Labute approximate surface area is 270 Å². The van der Waals surface area contributed by atoms with Crippen molar-refractivity contribution in [2.75, 3.05) is 52.5 Å². The van der Waals surface area contributed by atoms with Crippen molar-refractivity contribution in [2.24, 2.45) is 0 Å². The summed E-state index contributed by atoms with van der Waals surface area (Å²) >= 11 is 6.69. The van der Waals surface area contributed by atoms with Crippen LogP contribution in [0.1, 0.15) is 44.6 Å². The van der Waals surface area contributed by atoms with E-state index in [0.29, 0.717) is 18.1 Å². The third kappa shape index (κ3) is 6.16. The van der Waals surface area contributed by atoms with E-state index in [1.807, 2.05) is 41.3 Å². The lowest BCUT2D eigenvalue weighted by Crippen LogP contribution is -2.48. The van der Waals surface area contributed by atoms with Gasteiger partial charge in [-0.15, -0.1) is 0 Å².